The zero-order valence-corrected chi connectivity index (χ0v) is 8.54. The fraction of sp³-hybridized carbons (Fsp3) is 0.556. The highest BCUT2D eigenvalue weighted by atomic mass is 19.3. The first-order valence-electron chi connectivity index (χ1n) is 4.23. The average Bonchev–Trinajstić information content (AvgIpc) is 2.50. The third kappa shape index (κ3) is 2.14. The van der Waals surface area contributed by atoms with Gasteiger partial charge in [0.05, 0.1) is 0 Å². The lowest BCUT2D eigenvalue weighted by Crippen LogP contribution is -2.29. The molecule has 84 valence electrons. The van der Waals surface area contributed by atoms with E-state index in [2.05, 4.69) is 4.98 Å². The summed E-state index contributed by atoms with van der Waals surface area (Å²) >= 11 is 0. The summed E-state index contributed by atoms with van der Waals surface area (Å²) < 4.78 is 30.3. The van der Waals surface area contributed by atoms with Gasteiger partial charge in [-0.15, -0.1) is 0 Å². The number of hydrogen-bond acceptors (Lipinski definition) is 3. The highest BCUT2D eigenvalue weighted by molar-refractivity contribution is 5.78. The van der Waals surface area contributed by atoms with Crippen LogP contribution < -0.4 is 0 Å². The molecule has 1 rings (SSSR count). The van der Waals surface area contributed by atoms with Gasteiger partial charge in [0.25, 0.3) is 5.92 Å². The van der Waals surface area contributed by atoms with Crippen LogP contribution in [0.1, 0.15) is 32.4 Å². The molecule has 0 radical (unpaired) electrons. The molecule has 4 nitrogen and oxygen atoms in total. The molecule has 0 aliphatic heterocycles. The molecular weight excluding hydrogens is 208 g/mol. The summed E-state index contributed by atoms with van der Waals surface area (Å²) in [5.74, 6) is -4.54. The van der Waals surface area contributed by atoms with Crippen LogP contribution in [-0.2, 0) is 16.1 Å². The van der Waals surface area contributed by atoms with Gasteiger partial charge in [0.15, 0.2) is 0 Å². The summed E-state index contributed by atoms with van der Waals surface area (Å²) in [4.78, 5) is 14.3. The number of rotatable bonds is 3. The highest BCUT2D eigenvalue weighted by Crippen LogP contribution is 2.29. The van der Waals surface area contributed by atoms with E-state index in [9.17, 15) is 13.6 Å². The van der Waals surface area contributed by atoms with Gasteiger partial charge in [0.2, 0.25) is 5.89 Å². The van der Waals surface area contributed by atoms with Gasteiger partial charge in [-0.3, -0.25) is 4.79 Å². The second kappa shape index (κ2) is 3.29. The molecule has 0 saturated carbocycles. The molecule has 0 aromatic carbocycles. The van der Waals surface area contributed by atoms with Crippen LogP contribution in [0.25, 0.3) is 0 Å². The number of carbonyl (C=O) groups is 1. The molecule has 0 amide bonds. The zero-order chi connectivity index (χ0) is 11.9. The van der Waals surface area contributed by atoms with Gasteiger partial charge in [0.1, 0.15) is 17.4 Å². The molecular formula is C9H11F2NO3. The van der Waals surface area contributed by atoms with Crippen molar-refractivity contribution >= 4 is 5.97 Å². The van der Waals surface area contributed by atoms with E-state index in [4.69, 9.17) is 9.52 Å². The Bertz CT molecular complexity index is 379. The lowest BCUT2D eigenvalue weighted by molar-refractivity contribution is -0.143. The summed E-state index contributed by atoms with van der Waals surface area (Å²) in [6, 6.07) is 0. The molecule has 1 aromatic heterocycles. The van der Waals surface area contributed by atoms with E-state index in [-0.39, 0.29) is 5.89 Å². The van der Waals surface area contributed by atoms with Crippen LogP contribution in [0.15, 0.2) is 10.7 Å². The Morgan fingerprint density at radius 2 is 2.00 bits per heavy atom. The number of oxazole rings is 1. The van der Waals surface area contributed by atoms with Gasteiger partial charge in [-0.05, 0) is 13.8 Å². The second-order valence-corrected chi connectivity index (χ2v) is 3.86. The lowest BCUT2D eigenvalue weighted by Gasteiger charge is -2.13. The van der Waals surface area contributed by atoms with Crippen molar-refractivity contribution in [1.29, 1.82) is 0 Å². The molecule has 0 aliphatic rings. The Morgan fingerprint density at radius 1 is 1.47 bits per heavy atom. The van der Waals surface area contributed by atoms with Crippen LogP contribution in [-0.4, -0.2) is 16.1 Å². The third-order valence-corrected chi connectivity index (χ3v) is 2.02. The van der Waals surface area contributed by atoms with Gasteiger partial charge in [-0.2, -0.15) is 8.78 Å². The van der Waals surface area contributed by atoms with Crippen LogP contribution in [0, 0.1) is 0 Å². The van der Waals surface area contributed by atoms with Crippen molar-refractivity contribution in [1.82, 2.24) is 4.98 Å². The normalized spacial score (nSPS) is 12.9. The first kappa shape index (κ1) is 11.6. The number of nitrogens with zero attached hydrogens (tertiary/aromatic N) is 1. The first-order valence-corrected chi connectivity index (χ1v) is 4.23. The van der Waals surface area contributed by atoms with Crippen molar-refractivity contribution in [2.45, 2.75) is 32.1 Å². The standard InChI is InChI=1S/C9H11F2NO3/c1-8(2,7(13)14)6-12-5(4-15-6)9(3,10)11/h4H,1-3H3,(H,13,14). The topological polar surface area (TPSA) is 63.3 Å². The number of aliphatic carboxylic acids is 1. The Hall–Kier alpha value is -1.46. The van der Waals surface area contributed by atoms with E-state index in [1.807, 2.05) is 0 Å². The SMILES string of the molecule is CC(F)(F)c1coc(C(C)(C)C(=O)O)n1. The van der Waals surface area contributed by atoms with Crippen LogP contribution in [0.3, 0.4) is 0 Å². The minimum atomic E-state index is -3.13. The molecule has 0 saturated heterocycles. The van der Waals surface area contributed by atoms with Gasteiger partial charge in [-0.25, -0.2) is 4.98 Å². The lowest BCUT2D eigenvalue weighted by atomic mass is 9.94. The Morgan fingerprint density at radius 3 is 2.33 bits per heavy atom. The average molecular weight is 219 g/mol. The summed E-state index contributed by atoms with van der Waals surface area (Å²) in [5.41, 5.74) is -1.98. The van der Waals surface area contributed by atoms with Crippen molar-refractivity contribution in [3.05, 3.63) is 17.8 Å². The van der Waals surface area contributed by atoms with E-state index in [1.54, 1.807) is 0 Å². The predicted octanol–water partition coefficient (Wildman–Crippen LogP) is 2.15. The maximum atomic E-state index is 12.8. The summed E-state index contributed by atoms with van der Waals surface area (Å²) in [6.45, 7) is 3.33. The van der Waals surface area contributed by atoms with Crippen molar-refractivity contribution in [3.63, 3.8) is 0 Å². The van der Waals surface area contributed by atoms with Crippen LogP contribution in [0.4, 0.5) is 8.78 Å². The van der Waals surface area contributed by atoms with E-state index in [1.165, 1.54) is 13.8 Å². The van der Waals surface area contributed by atoms with E-state index in [0.717, 1.165) is 6.26 Å². The van der Waals surface area contributed by atoms with Crippen molar-refractivity contribution < 1.29 is 23.1 Å². The largest absolute Gasteiger partial charge is 0.480 e. The molecule has 1 N–H and O–H groups in total. The molecule has 0 aliphatic carbocycles. The Balaban J connectivity index is 3.10. The number of alkyl halides is 2. The van der Waals surface area contributed by atoms with Crippen LogP contribution in [0.2, 0.25) is 0 Å². The molecule has 0 bridgehead atoms. The Labute approximate surface area is 84.9 Å². The molecule has 6 heteroatoms. The van der Waals surface area contributed by atoms with Gasteiger partial charge in [-0.1, -0.05) is 0 Å². The molecule has 0 unspecified atom stereocenters. The monoisotopic (exact) mass is 219 g/mol. The number of aromatic nitrogens is 1. The molecule has 0 atom stereocenters. The first-order chi connectivity index (χ1) is 6.65. The number of carboxylic acids is 1. The van der Waals surface area contributed by atoms with Crippen molar-refractivity contribution in [2.75, 3.05) is 0 Å². The maximum Gasteiger partial charge on any atom is 0.318 e. The third-order valence-electron chi connectivity index (χ3n) is 2.02. The quantitative estimate of drug-likeness (QED) is 0.845. The minimum absolute atomic E-state index is 0.230. The van der Waals surface area contributed by atoms with E-state index < -0.39 is 23.0 Å². The molecule has 1 aromatic rings. The van der Waals surface area contributed by atoms with Gasteiger partial charge >= 0.3 is 5.97 Å². The molecule has 15 heavy (non-hydrogen) atoms. The minimum Gasteiger partial charge on any atom is -0.480 e. The van der Waals surface area contributed by atoms with Gasteiger partial charge in [0, 0.05) is 6.92 Å². The van der Waals surface area contributed by atoms with Crippen molar-refractivity contribution in [3.8, 4) is 0 Å². The van der Waals surface area contributed by atoms with Crippen molar-refractivity contribution in [2.24, 2.45) is 0 Å². The number of hydrogen-bond donors (Lipinski definition) is 1. The van der Waals surface area contributed by atoms with E-state index >= 15 is 0 Å². The molecule has 0 fully saturated rings. The zero-order valence-electron chi connectivity index (χ0n) is 8.54. The Kier molecular flexibility index (Phi) is 2.54. The number of halogens is 2. The fourth-order valence-corrected chi connectivity index (χ4v) is 0.854. The van der Waals surface area contributed by atoms with Crippen LogP contribution in [0.5, 0.6) is 0 Å². The summed E-state index contributed by atoms with van der Waals surface area (Å²) in [7, 11) is 0. The molecule has 0 spiro atoms. The maximum absolute atomic E-state index is 12.8. The summed E-state index contributed by atoms with van der Waals surface area (Å²) in [6.07, 6.45) is 0.778. The fourth-order valence-electron chi connectivity index (χ4n) is 0.854. The smallest absolute Gasteiger partial charge is 0.318 e. The van der Waals surface area contributed by atoms with Crippen LogP contribution >= 0.6 is 0 Å². The second-order valence-electron chi connectivity index (χ2n) is 3.86. The van der Waals surface area contributed by atoms with E-state index in [0.29, 0.717) is 6.92 Å². The number of carboxylic acid groups (broad SMARTS) is 1. The predicted molar refractivity (Wildman–Crippen MR) is 46.7 cm³/mol. The molecule has 1 heterocycles. The van der Waals surface area contributed by atoms with Gasteiger partial charge < -0.3 is 9.52 Å². The summed E-state index contributed by atoms with van der Waals surface area (Å²) in [5, 5.41) is 8.82. The highest BCUT2D eigenvalue weighted by Gasteiger charge is 2.37.